The molecule has 1 aliphatic rings. The molecule has 1 atom stereocenters. The molecule has 0 saturated carbocycles. The van der Waals surface area contributed by atoms with E-state index in [2.05, 4.69) is 5.32 Å². The van der Waals surface area contributed by atoms with Gasteiger partial charge in [-0.1, -0.05) is 18.2 Å². The van der Waals surface area contributed by atoms with Crippen molar-refractivity contribution in [2.24, 2.45) is 0 Å². The molecule has 166 valence electrons. The Labute approximate surface area is 188 Å². The second-order valence-electron chi connectivity index (χ2n) is 7.57. The number of fused-ring (bicyclic) bond motifs is 1. The molecule has 0 bridgehead atoms. The topological polar surface area (TPSA) is 66.0 Å². The maximum Gasteiger partial charge on any atom is 0.251 e. The summed E-state index contributed by atoms with van der Waals surface area (Å²) in [6, 6.07) is 20.9. The van der Waals surface area contributed by atoms with E-state index in [-0.39, 0.29) is 18.7 Å². The highest BCUT2D eigenvalue weighted by Crippen LogP contribution is 2.33. The zero-order valence-electron chi connectivity index (χ0n) is 18.3. The first-order chi connectivity index (χ1) is 15.6. The van der Waals surface area contributed by atoms with Crippen LogP contribution in [-0.4, -0.2) is 32.5 Å². The molecule has 0 radical (unpaired) electrons. The predicted octanol–water partition coefficient (Wildman–Crippen LogP) is 4.41. The van der Waals surface area contributed by atoms with Gasteiger partial charge in [0, 0.05) is 11.6 Å². The van der Waals surface area contributed by atoms with Crippen molar-refractivity contribution in [2.75, 3.05) is 20.5 Å². The van der Waals surface area contributed by atoms with E-state index in [1.165, 1.54) is 0 Å². The summed E-state index contributed by atoms with van der Waals surface area (Å²) in [4.78, 5) is 13.0. The summed E-state index contributed by atoms with van der Waals surface area (Å²) in [7, 11) is 1.65. The number of hydrogen-bond acceptors (Lipinski definition) is 5. The molecule has 1 heterocycles. The van der Waals surface area contributed by atoms with Gasteiger partial charge in [-0.05, 0) is 79.4 Å². The summed E-state index contributed by atoms with van der Waals surface area (Å²) in [5.41, 5.74) is 2.78. The van der Waals surface area contributed by atoms with Gasteiger partial charge < -0.3 is 24.3 Å². The van der Waals surface area contributed by atoms with E-state index in [9.17, 15) is 4.79 Å². The standard InChI is InChI=1S/C26H27NO5/c1-3-30-23-11-7-20(8-12-23)26(28)27-21(14-18-4-9-22(29-2)10-5-18)15-19-6-13-24-25(16-19)32-17-31-24/h4-13,16,21H,3,14-15,17H2,1-2H3,(H,27,28)/t21-/m1/s1. The number of rotatable bonds is 9. The van der Waals surface area contributed by atoms with Crippen LogP contribution in [0.25, 0.3) is 0 Å². The SMILES string of the molecule is CCOc1ccc(C(=O)N[C@H](Cc2ccc(OC)cc2)Cc2ccc3c(c2)OCO3)cc1. The Morgan fingerprint density at radius 3 is 2.28 bits per heavy atom. The van der Waals surface area contributed by atoms with Crippen molar-refractivity contribution in [3.63, 3.8) is 0 Å². The van der Waals surface area contributed by atoms with Crippen LogP contribution in [0.3, 0.4) is 0 Å². The van der Waals surface area contributed by atoms with Crippen molar-refractivity contribution in [2.45, 2.75) is 25.8 Å². The van der Waals surface area contributed by atoms with Crippen molar-refractivity contribution < 1.29 is 23.7 Å². The average molecular weight is 434 g/mol. The van der Waals surface area contributed by atoms with E-state index in [4.69, 9.17) is 18.9 Å². The normalized spacial score (nSPS) is 12.8. The highest BCUT2D eigenvalue weighted by Gasteiger charge is 2.18. The van der Waals surface area contributed by atoms with Crippen molar-refractivity contribution >= 4 is 5.91 Å². The second-order valence-corrected chi connectivity index (χ2v) is 7.57. The van der Waals surface area contributed by atoms with Gasteiger partial charge in [0.25, 0.3) is 5.91 Å². The van der Waals surface area contributed by atoms with Crippen LogP contribution in [0, 0.1) is 0 Å². The number of benzene rings is 3. The molecule has 0 aromatic heterocycles. The van der Waals surface area contributed by atoms with Gasteiger partial charge in [-0.2, -0.15) is 0 Å². The van der Waals surface area contributed by atoms with Gasteiger partial charge in [0.15, 0.2) is 11.5 Å². The summed E-state index contributed by atoms with van der Waals surface area (Å²) in [6.45, 7) is 2.76. The van der Waals surface area contributed by atoms with Gasteiger partial charge in [-0.25, -0.2) is 0 Å². The van der Waals surface area contributed by atoms with E-state index in [0.717, 1.165) is 34.1 Å². The van der Waals surface area contributed by atoms with Gasteiger partial charge in [0.1, 0.15) is 11.5 Å². The molecular weight excluding hydrogens is 406 g/mol. The Morgan fingerprint density at radius 2 is 1.56 bits per heavy atom. The second kappa shape index (κ2) is 10.1. The zero-order valence-corrected chi connectivity index (χ0v) is 18.3. The molecular formula is C26H27NO5. The molecule has 32 heavy (non-hydrogen) atoms. The molecule has 0 saturated heterocycles. The lowest BCUT2D eigenvalue weighted by atomic mass is 9.98. The molecule has 0 aliphatic carbocycles. The number of amides is 1. The Bertz CT molecular complexity index is 1050. The van der Waals surface area contributed by atoms with Crippen LogP contribution in [0.2, 0.25) is 0 Å². The van der Waals surface area contributed by atoms with E-state index in [1.807, 2.05) is 61.5 Å². The first-order valence-corrected chi connectivity index (χ1v) is 10.7. The molecule has 3 aromatic rings. The highest BCUT2D eigenvalue weighted by atomic mass is 16.7. The van der Waals surface area contributed by atoms with Gasteiger partial charge >= 0.3 is 0 Å². The Balaban J connectivity index is 1.51. The van der Waals surface area contributed by atoms with Crippen LogP contribution >= 0.6 is 0 Å². The molecule has 1 N–H and O–H groups in total. The van der Waals surface area contributed by atoms with Crippen molar-refractivity contribution in [3.05, 3.63) is 83.4 Å². The molecule has 6 nitrogen and oxygen atoms in total. The number of carbonyl (C=O) groups is 1. The lowest BCUT2D eigenvalue weighted by molar-refractivity contribution is 0.0936. The van der Waals surface area contributed by atoms with E-state index in [0.29, 0.717) is 25.0 Å². The Hall–Kier alpha value is -3.67. The Morgan fingerprint density at radius 1 is 0.906 bits per heavy atom. The van der Waals surface area contributed by atoms with Crippen LogP contribution in [0.15, 0.2) is 66.7 Å². The monoisotopic (exact) mass is 433 g/mol. The molecule has 3 aromatic carbocycles. The molecule has 0 unspecified atom stereocenters. The van der Waals surface area contributed by atoms with Crippen LogP contribution in [0.5, 0.6) is 23.0 Å². The lowest BCUT2D eigenvalue weighted by Crippen LogP contribution is -2.38. The molecule has 1 amide bonds. The molecule has 0 spiro atoms. The van der Waals surface area contributed by atoms with Crippen LogP contribution < -0.4 is 24.3 Å². The summed E-state index contributed by atoms with van der Waals surface area (Å²) < 4.78 is 21.6. The van der Waals surface area contributed by atoms with Crippen LogP contribution in [0.1, 0.15) is 28.4 Å². The minimum atomic E-state index is -0.118. The highest BCUT2D eigenvalue weighted by molar-refractivity contribution is 5.94. The number of hydrogen-bond donors (Lipinski definition) is 1. The van der Waals surface area contributed by atoms with Crippen LogP contribution in [-0.2, 0) is 12.8 Å². The summed E-state index contributed by atoms with van der Waals surface area (Å²) >= 11 is 0. The fourth-order valence-electron chi connectivity index (χ4n) is 3.71. The number of nitrogens with one attached hydrogen (secondary N) is 1. The largest absolute Gasteiger partial charge is 0.497 e. The van der Waals surface area contributed by atoms with Crippen molar-refractivity contribution in [3.8, 4) is 23.0 Å². The van der Waals surface area contributed by atoms with E-state index in [1.54, 1.807) is 19.2 Å². The van der Waals surface area contributed by atoms with Gasteiger partial charge in [0.05, 0.1) is 13.7 Å². The van der Waals surface area contributed by atoms with Gasteiger partial charge in [-0.3, -0.25) is 4.79 Å². The van der Waals surface area contributed by atoms with Gasteiger partial charge in [0.2, 0.25) is 6.79 Å². The third-order valence-electron chi connectivity index (χ3n) is 5.32. The summed E-state index contributed by atoms with van der Waals surface area (Å²) in [5.74, 6) is 2.92. The average Bonchev–Trinajstić information content (AvgIpc) is 3.28. The minimum absolute atomic E-state index is 0.108. The lowest BCUT2D eigenvalue weighted by Gasteiger charge is -2.20. The van der Waals surface area contributed by atoms with Crippen molar-refractivity contribution in [1.82, 2.24) is 5.32 Å². The third kappa shape index (κ3) is 5.32. The predicted molar refractivity (Wildman–Crippen MR) is 122 cm³/mol. The molecule has 0 fully saturated rings. The maximum absolute atomic E-state index is 13.0. The molecule has 1 aliphatic heterocycles. The quantitative estimate of drug-likeness (QED) is 0.542. The zero-order chi connectivity index (χ0) is 22.3. The minimum Gasteiger partial charge on any atom is -0.497 e. The number of carbonyl (C=O) groups excluding carboxylic acids is 1. The Kier molecular flexibility index (Phi) is 6.80. The summed E-state index contributed by atoms with van der Waals surface area (Å²) in [5, 5.41) is 3.19. The van der Waals surface area contributed by atoms with Gasteiger partial charge in [-0.15, -0.1) is 0 Å². The first-order valence-electron chi connectivity index (χ1n) is 10.7. The van der Waals surface area contributed by atoms with E-state index >= 15 is 0 Å². The maximum atomic E-state index is 13.0. The fraction of sp³-hybridized carbons (Fsp3) is 0.269. The van der Waals surface area contributed by atoms with Crippen LogP contribution in [0.4, 0.5) is 0 Å². The molecule has 6 heteroatoms. The molecule has 4 rings (SSSR count). The first kappa shape index (κ1) is 21.6. The smallest absolute Gasteiger partial charge is 0.251 e. The number of methoxy groups -OCH3 is 1. The van der Waals surface area contributed by atoms with E-state index < -0.39 is 0 Å². The third-order valence-corrected chi connectivity index (χ3v) is 5.32. The summed E-state index contributed by atoms with van der Waals surface area (Å²) in [6.07, 6.45) is 1.34. The fourth-order valence-corrected chi connectivity index (χ4v) is 3.71. The van der Waals surface area contributed by atoms with Crippen molar-refractivity contribution in [1.29, 1.82) is 0 Å². The number of ether oxygens (including phenoxy) is 4.